The van der Waals surface area contributed by atoms with Crippen LogP contribution in [0.4, 0.5) is 13.2 Å². The lowest BCUT2D eigenvalue weighted by Gasteiger charge is -2.34. The fourth-order valence-electron chi connectivity index (χ4n) is 4.08. The van der Waals surface area contributed by atoms with Gasteiger partial charge in [0.05, 0.1) is 29.6 Å². The van der Waals surface area contributed by atoms with Crippen LogP contribution in [-0.2, 0) is 19.1 Å². The lowest BCUT2D eigenvalue weighted by molar-refractivity contribution is -0.138. The van der Waals surface area contributed by atoms with Crippen molar-refractivity contribution in [1.82, 2.24) is 14.5 Å². The standard InChI is InChI=1S/C25H22BrClF3N3O4/c1-13-9-18-21(11-32(13)22(35)15-3-8-20(26)19(10-15)25(28,29)30)31-24(27)33(23(18)36)16-4-6-17(7-5-16)37-12-14(2)34/h3-8,10,13-14,34H,9,11-12H2,1-2H3/t13-,14+/m1/s1. The average molecular weight is 601 g/mol. The Morgan fingerprint density at radius 3 is 2.57 bits per heavy atom. The van der Waals surface area contributed by atoms with Gasteiger partial charge in [0.15, 0.2) is 0 Å². The summed E-state index contributed by atoms with van der Waals surface area (Å²) < 4.78 is 46.5. The van der Waals surface area contributed by atoms with Crippen LogP contribution in [0.5, 0.6) is 5.75 Å². The first-order valence-electron chi connectivity index (χ1n) is 11.3. The molecule has 1 aromatic heterocycles. The zero-order valence-electron chi connectivity index (χ0n) is 19.7. The summed E-state index contributed by atoms with van der Waals surface area (Å²) in [7, 11) is 0. The number of amides is 1. The van der Waals surface area contributed by atoms with Crippen LogP contribution < -0.4 is 10.3 Å². The number of halogens is 5. The van der Waals surface area contributed by atoms with Crippen LogP contribution in [0.15, 0.2) is 51.7 Å². The van der Waals surface area contributed by atoms with Gasteiger partial charge in [0, 0.05) is 21.6 Å². The van der Waals surface area contributed by atoms with Crippen molar-refractivity contribution < 1.29 is 27.8 Å². The molecule has 0 aliphatic carbocycles. The molecule has 0 radical (unpaired) electrons. The molecule has 4 rings (SSSR count). The molecule has 0 unspecified atom stereocenters. The molecule has 2 aromatic carbocycles. The monoisotopic (exact) mass is 599 g/mol. The number of fused-ring (bicyclic) bond motifs is 1. The first-order valence-corrected chi connectivity index (χ1v) is 12.4. The Morgan fingerprint density at radius 1 is 1.27 bits per heavy atom. The first kappa shape index (κ1) is 27.2. The number of hydrogen-bond acceptors (Lipinski definition) is 5. The van der Waals surface area contributed by atoms with Crippen LogP contribution >= 0.6 is 27.5 Å². The van der Waals surface area contributed by atoms with Crippen molar-refractivity contribution in [3.8, 4) is 11.4 Å². The molecule has 196 valence electrons. The Balaban J connectivity index is 1.63. The summed E-state index contributed by atoms with van der Waals surface area (Å²) in [6, 6.07) is 9.37. The quantitative estimate of drug-likeness (QED) is 0.416. The maximum Gasteiger partial charge on any atom is 0.417 e. The van der Waals surface area contributed by atoms with Gasteiger partial charge in [-0.15, -0.1) is 0 Å². The van der Waals surface area contributed by atoms with Gasteiger partial charge in [-0.1, -0.05) is 15.9 Å². The van der Waals surface area contributed by atoms with Gasteiger partial charge in [0.2, 0.25) is 5.28 Å². The first-order chi connectivity index (χ1) is 17.4. The van der Waals surface area contributed by atoms with E-state index in [0.717, 1.165) is 6.07 Å². The molecule has 1 aliphatic rings. The van der Waals surface area contributed by atoms with Crippen molar-refractivity contribution in [3.05, 3.63) is 85.0 Å². The number of carbonyl (C=O) groups excluding carboxylic acids is 1. The van der Waals surface area contributed by atoms with E-state index in [4.69, 9.17) is 16.3 Å². The lowest BCUT2D eigenvalue weighted by Crippen LogP contribution is -2.45. The Morgan fingerprint density at radius 2 is 1.95 bits per heavy atom. The zero-order chi connectivity index (χ0) is 27.1. The van der Waals surface area contributed by atoms with Crippen LogP contribution in [0.1, 0.15) is 41.0 Å². The largest absolute Gasteiger partial charge is 0.491 e. The molecule has 1 N–H and O–H groups in total. The minimum absolute atomic E-state index is 0.0747. The molecule has 0 bridgehead atoms. The highest BCUT2D eigenvalue weighted by molar-refractivity contribution is 9.10. The number of rotatable bonds is 5. The second kappa shape index (κ2) is 10.5. The fraction of sp³-hybridized carbons (Fsp3) is 0.320. The third kappa shape index (κ3) is 5.68. The molecule has 12 heteroatoms. The van der Waals surface area contributed by atoms with E-state index in [0.29, 0.717) is 22.7 Å². The molecule has 2 heterocycles. The summed E-state index contributed by atoms with van der Waals surface area (Å²) in [5.41, 5.74) is -0.340. The molecule has 0 saturated heterocycles. The predicted molar refractivity (Wildman–Crippen MR) is 134 cm³/mol. The normalized spacial score (nSPS) is 16.3. The molecule has 0 fully saturated rings. The van der Waals surface area contributed by atoms with E-state index in [1.165, 1.54) is 21.6 Å². The summed E-state index contributed by atoms with van der Waals surface area (Å²) in [6.07, 6.45) is -5.11. The maximum atomic E-state index is 13.4. The Labute approximate surface area is 223 Å². The summed E-state index contributed by atoms with van der Waals surface area (Å²) in [4.78, 5) is 32.3. The van der Waals surface area contributed by atoms with Crippen molar-refractivity contribution in [2.24, 2.45) is 0 Å². The number of alkyl halides is 3. The number of hydrogen-bond donors (Lipinski definition) is 1. The Bertz CT molecular complexity index is 1390. The average Bonchev–Trinajstić information content (AvgIpc) is 2.83. The second-order valence-electron chi connectivity index (χ2n) is 8.78. The Hall–Kier alpha value is -2.89. The van der Waals surface area contributed by atoms with Gasteiger partial charge in [-0.05, 0) is 74.3 Å². The molecule has 1 amide bonds. The number of aliphatic hydroxyl groups excluding tert-OH is 1. The molecule has 0 spiro atoms. The number of benzene rings is 2. The van der Waals surface area contributed by atoms with E-state index in [9.17, 15) is 27.9 Å². The van der Waals surface area contributed by atoms with Gasteiger partial charge >= 0.3 is 6.18 Å². The van der Waals surface area contributed by atoms with Crippen molar-refractivity contribution in [1.29, 1.82) is 0 Å². The van der Waals surface area contributed by atoms with Crippen LogP contribution in [0.2, 0.25) is 5.28 Å². The van der Waals surface area contributed by atoms with E-state index >= 15 is 0 Å². The van der Waals surface area contributed by atoms with Gasteiger partial charge in [-0.3, -0.25) is 14.2 Å². The smallest absolute Gasteiger partial charge is 0.417 e. The third-order valence-corrected chi connectivity index (χ3v) is 6.88. The van der Waals surface area contributed by atoms with E-state index in [-0.39, 0.29) is 34.9 Å². The van der Waals surface area contributed by atoms with E-state index < -0.39 is 35.4 Å². The maximum absolute atomic E-state index is 13.4. The minimum atomic E-state index is -4.63. The van der Waals surface area contributed by atoms with Crippen molar-refractivity contribution in [2.45, 2.75) is 45.1 Å². The number of ether oxygens (including phenoxy) is 1. The van der Waals surface area contributed by atoms with E-state index in [2.05, 4.69) is 20.9 Å². The fourth-order valence-corrected chi connectivity index (χ4v) is 4.82. The number of aliphatic hydroxyl groups is 1. The number of carbonyl (C=O) groups is 1. The number of nitrogens with zero attached hydrogens (tertiary/aromatic N) is 3. The summed E-state index contributed by atoms with van der Waals surface area (Å²) in [5.74, 6) is -0.102. The summed E-state index contributed by atoms with van der Waals surface area (Å²) in [6.45, 7) is 3.36. The lowest BCUT2D eigenvalue weighted by atomic mass is 9.98. The molecular formula is C25H22BrClF3N3O4. The predicted octanol–water partition coefficient (Wildman–Crippen LogP) is 5.01. The summed E-state index contributed by atoms with van der Waals surface area (Å²) in [5, 5.41) is 9.24. The van der Waals surface area contributed by atoms with Gasteiger partial charge in [-0.25, -0.2) is 4.98 Å². The molecule has 7 nitrogen and oxygen atoms in total. The van der Waals surface area contributed by atoms with Crippen LogP contribution in [0.25, 0.3) is 5.69 Å². The van der Waals surface area contributed by atoms with Crippen molar-refractivity contribution in [2.75, 3.05) is 6.61 Å². The van der Waals surface area contributed by atoms with Gasteiger partial charge < -0.3 is 14.7 Å². The van der Waals surface area contributed by atoms with E-state index in [1.54, 1.807) is 38.1 Å². The van der Waals surface area contributed by atoms with Crippen LogP contribution in [0.3, 0.4) is 0 Å². The topological polar surface area (TPSA) is 84.7 Å². The highest BCUT2D eigenvalue weighted by Crippen LogP contribution is 2.36. The molecule has 2 atom stereocenters. The van der Waals surface area contributed by atoms with Crippen molar-refractivity contribution >= 4 is 33.4 Å². The highest BCUT2D eigenvalue weighted by atomic mass is 79.9. The SMILES string of the molecule is C[C@H](O)COc1ccc(-n2c(Cl)nc3c(c2=O)C[C@@H](C)N(C(=O)c2ccc(Br)c(C(F)(F)F)c2)C3)cc1. The van der Waals surface area contributed by atoms with E-state index in [1.807, 2.05) is 0 Å². The Kier molecular flexibility index (Phi) is 7.68. The molecule has 1 aliphatic heterocycles. The highest BCUT2D eigenvalue weighted by Gasteiger charge is 2.36. The molecule has 0 saturated carbocycles. The van der Waals surface area contributed by atoms with Crippen LogP contribution in [-0.4, -0.2) is 44.2 Å². The second-order valence-corrected chi connectivity index (χ2v) is 9.97. The minimum Gasteiger partial charge on any atom is -0.491 e. The molecule has 3 aromatic rings. The third-order valence-electron chi connectivity index (χ3n) is 5.94. The summed E-state index contributed by atoms with van der Waals surface area (Å²) >= 11 is 9.25. The zero-order valence-corrected chi connectivity index (χ0v) is 22.1. The molecule has 37 heavy (non-hydrogen) atoms. The van der Waals surface area contributed by atoms with Crippen LogP contribution in [0, 0.1) is 0 Å². The van der Waals surface area contributed by atoms with Gasteiger partial charge in [0.25, 0.3) is 11.5 Å². The van der Waals surface area contributed by atoms with Gasteiger partial charge in [-0.2, -0.15) is 13.2 Å². The molecular weight excluding hydrogens is 579 g/mol. The van der Waals surface area contributed by atoms with Crippen molar-refractivity contribution in [3.63, 3.8) is 0 Å². The van der Waals surface area contributed by atoms with Gasteiger partial charge in [0.1, 0.15) is 12.4 Å². The number of aromatic nitrogens is 2.